The summed E-state index contributed by atoms with van der Waals surface area (Å²) in [4.78, 5) is 33.3. The first-order valence-corrected chi connectivity index (χ1v) is 12.5. The summed E-state index contributed by atoms with van der Waals surface area (Å²) in [6, 6.07) is 2.16. The van der Waals surface area contributed by atoms with Gasteiger partial charge in [0.05, 0.1) is 22.2 Å². The number of hydrogen-bond donors (Lipinski definition) is 1. The number of nitrogens with one attached hydrogen (secondary N) is 1. The van der Waals surface area contributed by atoms with Crippen molar-refractivity contribution >= 4 is 22.8 Å². The Hall–Kier alpha value is -2.44. The Morgan fingerprint density at radius 3 is 2.27 bits per heavy atom. The third kappa shape index (κ3) is 4.78. The van der Waals surface area contributed by atoms with Crippen LogP contribution < -0.4 is 5.32 Å². The molecule has 1 aliphatic heterocycles. The van der Waals surface area contributed by atoms with E-state index in [0.717, 1.165) is 35.3 Å². The van der Waals surface area contributed by atoms with Gasteiger partial charge in [-0.2, -0.15) is 5.10 Å². The maximum Gasteiger partial charge on any atom is 0.254 e. The number of piperidine rings is 1. The van der Waals surface area contributed by atoms with Gasteiger partial charge < -0.3 is 10.2 Å². The lowest BCUT2D eigenvalue weighted by Crippen LogP contribution is -2.45. The smallest absolute Gasteiger partial charge is 0.254 e. The Balaban J connectivity index is 1.58. The highest BCUT2D eigenvalue weighted by Crippen LogP contribution is 2.41. The molecule has 33 heavy (non-hydrogen) atoms. The summed E-state index contributed by atoms with van der Waals surface area (Å²) >= 11 is 0. The number of amides is 2. The molecule has 1 aliphatic carbocycles. The van der Waals surface area contributed by atoms with Crippen LogP contribution in [0.2, 0.25) is 0 Å². The van der Waals surface area contributed by atoms with Crippen LogP contribution in [0, 0.1) is 18.8 Å². The lowest BCUT2D eigenvalue weighted by molar-refractivity contribution is -0.127. The van der Waals surface area contributed by atoms with Crippen molar-refractivity contribution in [3.8, 4) is 0 Å². The van der Waals surface area contributed by atoms with Crippen LogP contribution in [0.25, 0.3) is 11.0 Å². The van der Waals surface area contributed by atoms with E-state index in [0.29, 0.717) is 43.3 Å². The van der Waals surface area contributed by atoms with Gasteiger partial charge in [0.2, 0.25) is 5.91 Å². The molecule has 2 aromatic heterocycles. The number of aryl methyl sites for hydroxylation is 1. The van der Waals surface area contributed by atoms with Gasteiger partial charge in [0.15, 0.2) is 5.65 Å². The molecule has 0 spiro atoms. The average molecular weight is 454 g/mol. The molecule has 2 amide bonds. The fourth-order valence-corrected chi connectivity index (χ4v) is 4.56. The molecule has 180 valence electrons. The number of hydrogen-bond acceptors (Lipinski definition) is 4. The maximum absolute atomic E-state index is 13.7. The van der Waals surface area contributed by atoms with E-state index >= 15 is 0 Å². The number of pyridine rings is 1. The van der Waals surface area contributed by atoms with Crippen LogP contribution in [0.3, 0.4) is 0 Å². The van der Waals surface area contributed by atoms with Crippen molar-refractivity contribution in [3.05, 3.63) is 23.0 Å². The van der Waals surface area contributed by atoms with E-state index in [9.17, 15) is 9.59 Å². The van der Waals surface area contributed by atoms with Crippen molar-refractivity contribution in [2.45, 2.75) is 91.6 Å². The van der Waals surface area contributed by atoms with Crippen LogP contribution in [0.15, 0.2) is 6.07 Å². The van der Waals surface area contributed by atoms with E-state index in [1.165, 1.54) is 0 Å². The van der Waals surface area contributed by atoms with Gasteiger partial charge in [0, 0.05) is 36.7 Å². The van der Waals surface area contributed by atoms with Crippen LogP contribution in [0.1, 0.15) is 94.9 Å². The Labute approximate surface area is 197 Å². The standard InChI is InChI=1S/C26H39N5O2/c1-15(2)16(3)27-24(32)19-10-12-30(13-11-19)25(33)20-14-21(18-8-9-18)28-23-22(20)17(4)29-31(23)26(5,6)7/h14-16,18-19H,8-13H2,1-7H3,(H,27,32). The predicted octanol–water partition coefficient (Wildman–Crippen LogP) is 4.39. The molecular weight excluding hydrogens is 414 g/mol. The second-order valence-corrected chi connectivity index (χ2v) is 11.3. The van der Waals surface area contributed by atoms with Crippen molar-refractivity contribution in [1.82, 2.24) is 25.0 Å². The van der Waals surface area contributed by atoms with Gasteiger partial charge in [-0.3, -0.25) is 9.59 Å². The number of fused-ring (bicyclic) bond motifs is 1. The Bertz CT molecular complexity index is 1050. The molecule has 2 aliphatic rings. The fourth-order valence-electron chi connectivity index (χ4n) is 4.56. The van der Waals surface area contributed by atoms with E-state index in [1.807, 2.05) is 29.5 Å². The van der Waals surface area contributed by atoms with Crippen LogP contribution in [-0.4, -0.2) is 50.6 Å². The SMILES string of the molecule is Cc1nn(C(C)(C)C)c2nc(C3CC3)cc(C(=O)N3CCC(C(=O)NC(C)C(C)C)CC3)c12. The average Bonchev–Trinajstić information content (AvgIpc) is 3.55. The third-order valence-electron chi connectivity index (χ3n) is 7.22. The molecule has 0 radical (unpaired) electrons. The minimum atomic E-state index is -0.221. The van der Waals surface area contributed by atoms with Gasteiger partial charge >= 0.3 is 0 Å². The van der Waals surface area contributed by atoms with E-state index in [-0.39, 0.29) is 29.3 Å². The number of aromatic nitrogens is 3. The Morgan fingerprint density at radius 1 is 1.09 bits per heavy atom. The van der Waals surface area contributed by atoms with Crippen molar-refractivity contribution in [1.29, 1.82) is 0 Å². The number of likely N-dealkylation sites (tertiary alicyclic amines) is 1. The summed E-state index contributed by atoms with van der Waals surface area (Å²) in [5, 5.41) is 8.78. The van der Waals surface area contributed by atoms with Gasteiger partial charge in [-0.1, -0.05) is 13.8 Å². The Morgan fingerprint density at radius 2 is 1.73 bits per heavy atom. The second-order valence-electron chi connectivity index (χ2n) is 11.3. The summed E-state index contributed by atoms with van der Waals surface area (Å²) in [6.45, 7) is 15.8. The minimum absolute atomic E-state index is 0.0277. The van der Waals surface area contributed by atoms with Gasteiger partial charge in [0.25, 0.3) is 5.91 Å². The molecule has 4 rings (SSSR count). The number of carbonyl (C=O) groups excluding carboxylic acids is 2. The van der Waals surface area contributed by atoms with Crippen molar-refractivity contribution in [2.24, 2.45) is 11.8 Å². The lowest BCUT2D eigenvalue weighted by Gasteiger charge is -2.32. The van der Waals surface area contributed by atoms with Gasteiger partial charge in [-0.05, 0) is 72.3 Å². The third-order valence-corrected chi connectivity index (χ3v) is 7.22. The largest absolute Gasteiger partial charge is 0.353 e. The summed E-state index contributed by atoms with van der Waals surface area (Å²) < 4.78 is 1.97. The van der Waals surface area contributed by atoms with E-state index < -0.39 is 0 Å². The van der Waals surface area contributed by atoms with Crippen LogP contribution in [0.5, 0.6) is 0 Å². The molecule has 3 heterocycles. The topological polar surface area (TPSA) is 80.1 Å². The molecule has 2 aromatic rings. The van der Waals surface area contributed by atoms with Crippen LogP contribution in [-0.2, 0) is 10.3 Å². The van der Waals surface area contributed by atoms with Crippen molar-refractivity contribution in [3.63, 3.8) is 0 Å². The second kappa shape index (κ2) is 8.73. The van der Waals surface area contributed by atoms with E-state index in [1.54, 1.807) is 0 Å². The van der Waals surface area contributed by atoms with Crippen LogP contribution in [0.4, 0.5) is 0 Å². The van der Waals surface area contributed by atoms with Crippen molar-refractivity contribution < 1.29 is 9.59 Å². The first kappa shape index (κ1) is 23.7. The first-order chi connectivity index (χ1) is 15.5. The molecular formula is C26H39N5O2. The molecule has 1 unspecified atom stereocenters. The highest BCUT2D eigenvalue weighted by atomic mass is 16.2. The zero-order valence-corrected chi connectivity index (χ0v) is 21.2. The quantitative estimate of drug-likeness (QED) is 0.728. The monoisotopic (exact) mass is 453 g/mol. The molecule has 1 saturated carbocycles. The van der Waals surface area contributed by atoms with Gasteiger partial charge in [-0.15, -0.1) is 0 Å². The molecule has 2 fully saturated rings. The maximum atomic E-state index is 13.7. The normalized spacial score (nSPS) is 18.7. The summed E-state index contributed by atoms with van der Waals surface area (Å²) in [5.41, 5.74) is 3.15. The molecule has 7 nitrogen and oxygen atoms in total. The predicted molar refractivity (Wildman–Crippen MR) is 130 cm³/mol. The molecule has 1 N–H and O–H groups in total. The lowest BCUT2D eigenvalue weighted by atomic mass is 9.94. The summed E-state index contributed by atoms with van der Waals surface area (Å²) in [7, 11) is 0. The van der Waals surface area contributed by atoms with E-state index in [2.05, 4.69) is 39.9 Å². The Kier molecular flexibility index (Phi) is 6.27. The zero-order chi connectivity index (χ0) is 24.1. The van der Waals surface area contributed by atoms with Crippen LogP contribution >= 0.6 is 0 Å². The first-order valence-electron chi connectivity index (χ1n) is 12.5. The molecule has 7 heteroatoms. The molecule has 1 saturated heterocycles. The number of rotatable bonds is 5. The summed E-state index contributed by atoms with van der Waals surface area (Å²) in [5.74, 6) is 0.980. The number of carbonyl (C=O) groups is 2. The zero-order valence-electron chi connectivity index (χ0n) is 21.2. The molecule has 1 atom stereocenters. The van der Waals surface area contributed by atoms with Crippen molar-refractivity contribution in [2.75, 3.05) is 13.1 Å². The molecule has 0 bridgehead atoms. The van der Waals surface area contributed by atoms with Gasteiger partial charge in [-0.25, -0.2) is 9.67 Å². The fraction of sp³-hybridized carbons (Fsp3) is 0.692. The minimum Gasteiger partial charge on any atom is -0.353 e. The molecule has 0 aromatic carbocycles. The highest BCUT2D eigenvalue weighted by molar-refractivity contribution is 6.06. The summed E-state index contributed by atoms with van der Waals surface area (Å²) in [6.07, 6.45) is 3.66. The van der Waals surface area contributed by atoms with E-state index in [4.69, 9.17) is 10.1 Å². The number of nitrogens with zero attached hydrogens (tertiary/aromatic N) is 4. The highest BCUT2D eigenvalue weighted by Gasteiger charge is 2.33. The van der Waals surface area contributed by atoms with Gasteiger partial charge in [0.1, 0.15) is 0 Å².